The van der Waals surface area contributed by atoms with Crippen molar-refractivity contribution in [3.63, 3.8) is 0 Å². The minimum atomic E-state index is -1.15. The van der Waals surface area contributed by atoms with Gasteiger partial charge in [0.25, 0.3) is 5.91 Å². The molecule has 0 aromatic heterocycles. The number of carboxylic acid groups (broad SMARTS) is 1. The van der Waals surface area contributed by atoms with Crippen LogP contribution in [0.2, 0.25) is 5.02 Å². The Kier molecular flexibility index (Phi) is 8.41. The highest BCUT2D eigenvalue weighted by Crippen LogP contribution is 2.22. The number of carbonyl (C=O) groups is 3. The van der Waals surface area contributed by atoms with Crippen molar-refractivity contribution in [2.24, 2.45) is 17.8 Å². The average Bonchev–Trinajstić information content (AvgIpc) is 2.52. The molecule has 6 nitrogen and oxygen atoms in total. The first kappa shape index (κ1) is 21.0. The maximum absolute atomic E-state index is 12.0. The van der Waals surface area contributed by atoms with Crippen molar-refractivity contribution in [3.05, 3.63) is 34.9 Å². The normalized spacial score (nSPS) is 13.2. The highest BCUT2D eigenvalue weighted by molar-refractivity contribution is 6.33. The summed E-state index contributed by atoms with van der Waals surface area (Å²) in [6.45, 7) is 5.71. The average molecular weight is 368 g/mol. The quantitative estimate of drug-likeness (QED) is 0.686. The van der Waals surface area contributed by atoms with Crippen molar-refractivity contribution in [2.75, 3.05) is 0 Å². The summed E-state index contributed by atoms with van der Waals surface area (Å²) in [5.74, 6) is -2.89. The molecule has 7 heteroatoms. The number of aliphatic carboxylic acids is 1. The van der Waals surface area contributed by atoms with Gasteiger partial charge in [0.05, 0.1) is 10.6 Å². The van der Waals surface area contributed by atoms with Crippen molar-refractivity contribution in [1.29, 1.82) is 0 Å². The van der Waals surface area contributed by atoms with Gasteiger partial charge in [-0.1, -0.05) is 50.9 Å². The van der Waals surface area contributed by atoms with Crippen molar-refractivity contribution in [3.8, 4) is 0 Å². The molecule has 0 heterocycles. The molecular formula is C18H24ClN2O4-. The second kappa shape index (κ2) is 10.0. The van der Waals surface area contributed by atoms with Gasteiger partial charge >= 0.3 is 0 Å². The fourth-order valence-electron chi connectivity index (χ4n) is 2.47. The number of benzene rings is 1. The molecule has 1 rings (SSSR count). The molecule has 1 aromatic carbocycles. The van der Waals surface area contributed by atoms with Gasteiger partial charge in [-0.2, -0.15) is 0 Å². The lowest BCUT2D eigenvalue weighted by molar-refractivity contribution is -0.313. The van der Waals surface area contributed by atoms with E-state index in [0.29, 0.717) is 12.3 Å². The molecule has 0 spiro atoms. The van der Waals surface area contributed by atoms with Crippen molar-refractivity contribution >= 4 is 29.4 Å². The van der Waals surface area contributed by atoms with Crippen LogP contribution in [0.25, 0.3) is 0 Å². The molecule has 138 valence electrons. The number of halogens is 1. The predicted octanol–water partition coefficient (Wildman–Crippen LogP) is 1.93. The summed E-state index contributed by atoms with van der Waals surface area (Å²) in [5, 5.41) is 11.6. The summed E-state index contributed by atoms with van der Waals surface area (Å²) in [6, 6.07) is 6.45. The number of hydrazine groups is 1. The van der Waals surface area contributed by atoms with Gasteiger partial charge in [-0.15, -0.1) is 0 Å². The Hall–Kier alpha value is -2.08. The van der Waals surface area contributed by atoms with E-state index in [1.54, 1.807) is 25.1 Å². The number of carbonyl (C=O) groups excluding carboxylic acids is 3. The first-order valence-electron chi connectivity index (χ1n) is 8.27. The Labute approximate surface area is 152 Å². The van der Waals surface area contributed by atoms with Crippen LogP contribution >= 0.6 is 11.6 Å². The number of carboxylic acids is 1. The van der Waals surface area contributed by atoms with E-state index in [2.05, 4.69) is 10.9 Å². The molecule has 0 aliphatic heterocycles. The molecule has 0 saturated heterocycles. The number of rotatable bonds is 8. The van der Waals surface area contributed by atoms with Gasteiger partial charge in [-0.25, -0.2) is 0 Å². The summed E-state index contributed by atoms with van der Waals surface area (Å²) >= 11 is 5.91. The molecule has 2 unspecified atom stereocenters. The molecule has 1 aromatic rings. The largest absolute Gasteiger partial charge is 0.550 e. The third-order valence-electron chi connectivity index (χ3n) is 3.99. The number of amides is 2. The maximum Gasteiger partial charge on any atom is 0.271 e. The van der Waals surface area contributed by atoms with Gasteiger partial charge in [0, 0.05) is 18.3 Å². The zero-order valence-corrected chi connectivity index (χ0v) is 15.4. The summed E-state index contributed by atoms with van der Waals surface area (Å²) in [5.41, 5.74) is 4.80. The molecule has 0 bridgehead atoms. The number of hydrogen-bond acceptors (Lipinski definition) is 4. The molecule has 2 atom stereocenters. The zero-order valence-electron chi connectivity index (χ0n) is 14.7. The van der Waals surface area contributed by atoms with E-state index in [1.807, 2.05) is 13.8 Å². The van der Waals surface area contributed by atoms with Crippen LogP contribution in [0.1, 0.15) is 50.4 Å². The number of nitrogens with one attached hydrogen (secondary N) is 2. The smallest absolute Gasteiger partial charge is 0.271 e. The van der Waals surface area contributed by atoms with Gasteiger partial charge in [0.1, 0.15) is 0 Å². The Morgan fingerprint density at radius 3 is 2.28 bits per heavy atom. The SMILES string of the molecule is CC(C)CCC(C(=O)[O-])C(C)CC(=O)NNC(=O)c1ccccc1Cl. The standard InChI is InChI=1S/C18H25ClN2O4/c1-11(2)8-9-13(18(24)25)12(3)10-16(22)20-21-17(23)14-6-4-5-7-15(14)19/h4-7,11-13H,8-10H2,1-3H3,(H,20,22)(H,21,23)(H,24,25)/p-1. The lowest BCUT2D eigenvalue weighted by Crippen LogP contribution is -2.43. The van der Waals surface area contributed by atoms with E-state index in [1.165, 1.54) is 6.07 Å². The highest BCUT2D eigenvalue weighted by atomic mass is 35.5. The maximum atomic E-state index is 12.0. The predicted molar refractivity (Wildman–Crippen MR) is 93.4 cm³/mol. The second-order valence-corrected chi connectivity index (χ2v) is 6.97. The van der Waals surface area contributed by atoms with Gasteiger partial charge in [-0.3, -0.25) is 20.4 Å². The first-order valence-corrected chi connectivity index (χ1v) is 8.64. The van der Waals surface area contributed by atoms with E-state index in [9.17, 15) is 19.5 Å². The van der Waals surface area contributed by atoms with E-state index in [4.69, 9.17) is 11.6 Å². The van der Waals surface area contributed by atoms with Crippen molar-refractivity contribution in [2.45, 2.75) is 40.0 Å². The van der Waals surface area contributed by atoms with Crippen molar-refractivity contribution < 1.29 is 19.5 Å². The Bertz CT molecular complexity index is 619. The summed E-state index contributed by atoms with van der Waals surface area (Å²) in [4.78, 5) is 35.2. The van der Waals surface area contributed by atoms with Crippen LogP contribution < -0.4 is 16.0 Å². The Balaban J connectivity index is 2.53. The van der Waals surface area contributed by atoms with Crippen LogP contribution in [0.15, 0.2) is 24.3 Å². The van der Waals surface area contributed by atoms with Crippen LogP contribution in [0.3, 0.4) is 0 Å². The molecule has 2 N–H and O–H groups in total. The lowest BCUT2D eigenvalue weighted by atomic mass is 9.85. The highest BCUT2D eigenvalue weighted by Gasteiger charge is 2.22. The fourth-order valence-corrected chi connectivity index (χ4v) is 2.69. The summed E-state index contributed by atoms with van der Waals surface area (Å²) < 4.78 is 0. The zero-order chi connectivity index (χ0) is 19.0. The molecule has 0 aliphatic carbocycles. The minimum absolute atomic E-state index is 0.0282. The van der Waals surface area contributed by atoms with Crippen LogP contribution in [0, 0.1) is 17.8 Å². The number of hydrogen-bond donors (Lipinski definition) is 2. The third kappa shape index (κ3) is 7.13. The fraction of sp³-hybridized carbons (Fsp3) is 0.500. The molecule has 0 aliphatic rings. The van der Waals surface area contributed by atoms with Crippen LogP contribution in [-0.2, 0) is 9.59 Å². The van der Waals surface area contributed by atoms with E-state index in [0.717, 1.165) is 6.42 Å². The Morgan fingerprint density at radius 2 is 1.72 bits per heavy atom. The summed E-state index contributed by atoms with van der Waals surface area (Å²) in [6.07, 6.45) is 1.17. The van der Waals surface area contributed by atoms with Gasteiger partial charge < -0.3 is 9.90 Å². The molecular weight excluding hydrogens is 344 g/mol. The Morgan fingerprint density at radius 1 is 1.08 bits per heavy atom. The molecule has 0 fully saturated rings. The van der Waals surface area contributed by atoms with Crippen LogP contribution in [0.4, 0.5) is 0 Å². The van der Waals surface area contributed by atoms with Crippen LogP contribution in [0.5, 0.6) is 0 Å². The van der Waals surface area contributed by atoms with Crippen LogP contribution in [-0.4, -0.2) is 17.8 Å². The third-order valence-corrected chi connectivity index (χ3v) is 4.32. The molecule has 0 saturated carbocycles. The lowest BCUT2D eigenvalue weighted by Gasteiger charge is -2.25. The first-order chi connectivity index (χ1) is 11.7. The topological polar surface area (TPSA) is 98.3 Å². The van der Waals surface area contributed by atoms with Gasteiger partial charge in [-0.05, 0) is 30.4 Å². The van der Waals surface area contributed by atoms with E-state index in [-0.39, 0.29) is 17.0 Å². The monoisotopic (exact) mass is 367 g/mol. The van der Waals surface area contributed by atoms with E-state index < -0.39 is 29.6 Å². The van der Waals surface area contributed by atoms with Gasteiger partial charge in [0.2, 0.25) is 5.91 Å². The summed E-state index contributed by atoms with van der Waals surface area (Å²) in [7, 11) is 0. The van der Waals surface area contributed by atoms with Crippen molar-refractivity contribution in [1.82, 2.24) is 10.9 Å². The molecule has 25 heavy (non-hydrogen) atoms. The van der Waals surface area contributed by atoms with E-state index >= 15 is 0 Å². The second-order valence-electron chi connectivity index (χ2n) is 6.56. The minimum Gasteiger partial charge on any atom is -0.550 e. The molecule has 0 radical (unpaired) electrons. The van der Waals surface area contributed by atoms with Gasteiger partial charge in [0.15, 0.2) is 0 Å². The molecule has 2 amide bonds.